The Labute approximate surface area is 169 Å². The number of hydrogen-bond acceptors (Lipinski definition) is 3. The summed E-state index contributed by atoms with van der Waals surface area (Å²) in [5.74, 6) is -1.36. The molecule has 3 aromatic rings. The van der Waals surface area contributed by atoms with Gasteiger partial charge in [-0.1, -0.05) is 72.8 Å². The molecule has 1 aromatic heterocycles. The number of benzene rings is 2. The van der Waals surface area contributed by atoms with Crippen molar-refractivity contribution in [3.8, 4) is 0 Å². The van der Waals surface area contributed by atoms with E-state index in [1.54, 1.807) is 24.5 Å². The van der Waals surface area contributed by atoms with Crippen molar-refractivity contribution in [3.63, 3.8) is 0 Å². The Balaban J connectivity index is 1.64. The molecule has 4 heteroatoms. The number of anilines is 1. The molecule has 0 spiro atoms. The molecule has 0 radical (unpaired) electrons. The van der Waals surface area contributed by atoms with E-state index < -0.39 is 11.8 Å². The highest BCUT2D eigenvalue weighted by atomic mass is 16.2. The highest BCUT2D eigenvalue weighted by Gasteiger charge is 2.55. The Bertz CT molecular complexity index is 996. The second-order valence-electron chi connectivity index (χ2n) is 7.53. The number of rotatable bonds is 3. The second-order valence-corrected chi connectivity index (χ2v) is 7.53. The summed E-state index contributed by atoms with van der Waals surface area (Å²) < 4.78 is 0. The van der Waals surface area contributed by atoms with E-state index in [2.05, 4.69) is 17.1 Å². The molecule has 1 aliphatic carbocycles. The molecule has 0 saturated carbocycles. The van der Waals surface area contributed by atoms with Crippen LogP contribution in [0.4, 0.5) is 5.69 Å². The quantitative estimate of drug-likeness (QED) is 0.502. The van der Waals surface area contributed by atoms with Crippen LogP contribution in [-0.2, 0) is 9.59 Å². The first-order chi connectivity index (χ1) is 14.3. The van der Waals surface area contributed by atoms with Crippen LogP contribution in [-0.4, -0.2) is 16.8 Å². The molecule has 1 fully saturated rings. The zero-order valence-corrected chi connectivity index (χ0v) is 15.8. The molecular formula is C25H20N2O2. The summed E-state index contributed by atoms with van der Waals surface area (Å²) in [7, 11) is 0. The fourth-order valence-electron chi connectivity index (χ4n) is 4.68. The van der Waals surface area contributed by atoms with Crippen LogP contribution in [0.25, 0.3) is 0 Å². The predicted molar refractivity (Wildman–Crippen MR) is 111 cm³/mol. The number of pyridine rings is 1. The zero-order valence-electron chi connectivity index (χ0n) is 15.8. The van der Waals surface area contributed by atoms with Gasteiger partial charge in [0.2, 0.25) is 11.8 Å². The van der Waals surface area contributed by atoms with Gasteiger partial charge >= 0.3 is 0 Å². The smallest absolute Gasteiger partial charge is 0.238 e. The molecule has 2 amide bonds. The molecule has 1 saturated heterocycles. The minimum absolute atomic E-state index is 0.121. The van der Waals surface area contributed by atoms with Gasteiger partial charge in [0.25, 0.3) is 0 Å². The number of amides is 2. The Morgan fingerprint density at radius 3 is 1.52 bits per heavy atom. The van der Waals surface area contributed by atoms with Crippen molar-refractivity contribution in [1.29, 1.82) is 0 Å². The van der Waals surface area contributed by atoms with Crippen LogP contribution >= 0.6 is 0 Å². The Hall–Kier alpha value is -3.53. The highest BCUT2D eigenvalue weighted by Crippen LogP contribution is 2.50. The minimum atomic E-state index is -0.423. The van der Waals surface area contributed by atoms with Gasteiger partial charge in [-0.05, 0) is 23.3 Å². The van der Waals surface area contributed by atoms with Crippen LogP contribution in [0.2, 0.25) is 0 Å². The standard InChI is InChI=1S/C25H20N2O2/c28-24-22-20(17-7-3-1-4-8-17)11-12-21(18-9-5-2-6-10-18)23(22)25(29)27(24)19-13-15-26-16-14-19/h1-16,20-23H/t20-,21-,22-,23-/m1/s1. The third-order valence-electron chi connectivity index (χ3n) is 5.99. The Kier molecular flexibility index (Phi) is 4.32. The summed E-state index contributed by atoms with van der Waals surface area (Å²) in [4.78, 5) is 32.5. The lowest BCUT2D eigenvalue weighted by Gasteiger charge is -2.32. The minimum Gasteiger partial charge on any atom is -0.274 e. The number of hydrogen-bond donors (Lipinski definition) is 0. The van der Waals surface area contributed by atoms with E-state index in [0.29, 0.717) is 5.69 Å². The molecule has 29 heavy (non-hydrogen) atoms. The van der Waals surface area contributed by atoms with Crippen LogP contribution in [0.15, 0.2) is 97.3 Å². The number of aromatic nitrogens is 1. The van der Waals surface area contributed by atoms with E-state index in [9.17, 15) is 9.59 Å². The monoisotopic (exact) mass is 380 g/mol. The van der Waals surface area contributed by atoms with Crippen molar-refractivity contribution in [2.45, 2.75) is 11.8 Å². The first-order valence-electron chi connectivity index (χ1n) is 9.82. The molecule has 0 unspecified atom stereocenters. The zero-order chi connectivity index (χ0) is 19.8. The molecule has 142 valence electrons. The van der Waals surface area contributed by atoms with Gasteiger partial charge in [0.15, 0.2) is 0 Å². The van der Waals surface area contributed by atoms with Crippen molar-refractivity contribution >= 4 is 17.5 Å². The van der Waals surface area contributed by atoms with Crippen LogP contribution in [0, 0.1) is 11.8 Å². The van der Waals surface area contributed by atoms with Crippen LogP contribution in [0.1, 0.15) is 23.0 Å². The van der Waals surface area contributed by atoms with E-state index in [-0.39, 0.29) is 23.7 Å². The lowest BCUT2D eigenvalue weighted by atomic mass is 9.68. The fourth-order valence-corrected chi connectivity index (χ4v) is 4.68. The van der Waals surface area contributed by atoms with Gasteiger partial charge in [-0.25, -0.2) is 4.90 Å². The molecular weight excluding hydrogens is 360 g/mol. The molecule has 4 atom stereocenters. The number of fused-ring (bicyclic) bond motifs is 1. The van der Waals surface area contributed by atoms with Crippen molar-refractivity contribution in [1.82, 2.24) is 4.98 Å². The van der Waals surface area contributed by atoms with Gasteiger partial charge in [-0.3, -0.25) is 14.6 Å². The normalized spacial score (nSPS) is 25.9. The highest BCUT2D eigenvalue weighted by molar-refractivity contribution is 6.22. The van der Waals surface area contributed by atoms with Crippen molar-refractivity contribution < 1.29 is 9.59 Å². The van der Waals surface area contributed by atoms with E-state index >= 15 is 0 Å². The van der Waals surface area contributed by atoms with Gasteiger partial charge in [0, 0.05) is 24.2 Å². The van der Waals surface area contributed by atoms with Crippen molar-refractivity contribution in [3.05, 3.63) is 108 Å². The summed E-state index contributed by atoms with van der Waals surface area (Å²) in [5, 5.41) is 0. The number of allylic oxidation sites excluding steroid dienone is 2. The van der Waals surface area contributed by atoms with Crippen LogP contribution < -0.4 is 4.90 Å². The van der Waals surface area contributed by atoms with E-state index in [1.165, 1.54) is 4.90 Å². The maximum absolute atomic E-state index is 13.6. The average molecular weight is 380 g/mol. The SMILES string of the molecule is O=C1[C@H]2[C@H](C(=O)N1c1ccncc1)[C@@H](c1ccccc1)C=C[C@@H]2c1ccccc1. The molecule has 2 heterocycles. The Morgan fingerprint density at radius 2 is 1.07 bits per heavy atom. The predicted octanol–water partition coefficient (Wildman–Crippen LogP) is 4.32. The van der Waals surface area contributed by atoms with Crippen molar-refractivity contribution in [2.24, 2.45) is 11.8 Å². The molecule has 0 bridgehead atoms. The van der Waals surface area contributed by atoms with Crippen LogP contribution in [0.3, 0.4) is 0 Å². The van der Waals surface area contributed by atoms with E-state index in [1.807, 2.05) is 60.7 Å². The largest absolute Gasteiger partial charge is 0.274 e. The average Bonchev–Trinajstić information content (AvgIpc) is 3.06. The second kappa shape index (κ2) is 7.13. The first kappa shape index (κ1) is 17.6. The van der Waals surface area contributed by atoms with E-state index in [4.69, 9.17) is 0 Å². The van der Waals surface area contributed by atoms with Gasteiger partial charge in [0.1, 0.15) is 0 Å². The molecule has 2 aromatic carbocycles. The lowest BCUT2D eigenvalue weighted by molar-refractivity contribution is -0.122. The molecule has 2 aliphatic rings. The van der Waals surface area contributed by atoms with Crippen LogP contribution in [0.5, 0.6) is 0 Å². The van der Waals surface area contributed by atoms with E-state index in [0.717, 1.165) is 11.1 Å². The maximum Gasteiger partial charge on any atom is 0.238 e. The molecule has 1 aliphatic heterocycles. The fraction of sp³-hybridized carbons (Fsp3) is 0.160. The van der Waals surface area contributed by atoms with Gasteiger partial charge in [-0.15, -0.1) is 0 Å². The first-order valence-corrected chi connectivity index (χ1v) is 9.82. The lowest BCUT2D eigenvalue weighted by Crippen LogP contribution is -2.31. The summed E-state index contributed by atoms with van der Waals surface area (Å²) >= 11 is 0. The summed E-state index contributed by atoms with van der Waals surface area (Å²) in [6.07, 6.45) is 7.43. The van der Waals surface area contributed by atoms with Gasteiger partial charge in [0.05, 0.1) is 17.5 Å². The maximum atomic E-state index is 13.6. The number of nitrogens with zero attached hydrogens (tertiary/aromatic N) is 2. The number of imide groups is 1. The number of carbonyl (C=O) groups is 2. The molecule has 4 nitrogen and oxygen atoms in total. The van der Waals surface area contributed by atoms with Gasteiger partial charge in [-0.2, -0.15) is 0 Å². The molecule has 0 N–H and O–H groups in total. The third kappa shape index (κ3) is 2.88. The number of carbonyl (C=O) groups excluding carboxylic acids is 2. The third-order valence-corrected chi connectivity index (χ3v) is 5.99. The molecule has 5 rings (SSSR count). The summed E-state index contributed by atoms with van der Waals surface area (Å²) in [6, 6.07) is 23.4. The van der Waals surface area contributed by atoms with Crippen molar-refractivity contribution in [2.75, 3.05) is 4.90 Å². The summed E-state index contributed by atoms with van der Waals surface area (Å²) in [5.41, 5.74) is 2.70. The van der Waals surface area contributed by atoms with Gasteiger partial charge < -0.3 is 0 Å². The Morgan fingerprint density at radius 1 is 0.621 bits per heavy atom. The summed E-state index contributed by atoms with van der Waals surface area (Å²) in [6.45, 7) is 0. The topological polar surface area (TPSA) is 50.3 Å².